The van der Waals surface area contributed by atoms with Crippen LogP contribution in [0.3, 0.4) is 0 Å². The van der Waals surface area contributed by atoms with Crippen molar-refractivity contribution in [3.05, 3.63) is 59.2 Å². The van der Waals surface area contributed by atoms with Gasteiger partial charge >= 0.3 is 0 Å². The van der Waals surface area contributed by atoms with Gasteiger partial charge in [0.2, 0.25) is 5.91 Å². The molecule has 0 saturated heterocycles. The number of anilines is 2. The number of aryl methyl sites for hydroxylation is 2. The van der Waals surface area contributed by atoms with Gasteiger partial charge in [-0.05, 0) is 49.1 Å². The summed E-state index contributed by atoms with van der Waals surface area (Å²) in [5.74, 6) is -0.174. The molecule has 27 heavy (non-hydrogen) atoms. The summed E-state index contributed by atoms with van der Waals surface area (Å²) in [4.78, 5) is 26.5. The summed E-state index contributed by atoms with van der Waals surface area (Å²) in [5.41, 5.74) is 4.85. The number of nitrogens with zero attached hydrogens (tertiary/aromatic N) is 1. The molecular formula is C22H27N3O2. The van der Waals surface area contributed by atoms with E-state index in [-0.39, 0.29) is 11.8 Å². The Morgan fingerprint density at radius 1 is 1.15 bits per heavy atom. The minimum atomic E-state index is -0.118. The number of hydrogen-bond acceptors (Lipinski definition) is 3. The summed E-state index contributed by atoms with van der Waals surface area (Å²) in [5, 5.41) is 5.84. The SMILES string of the molecule is CCC(=O)Nc1cc(C(=O)NCCN2CCCc3ccccc32)ccc1C. The van der Waals surface area contributed by atoms with Crippen LogP contribution in [0.15, 0.2) is 42.5 Å². The average molecular weight is 365 g/mol. The molecule has 0 aliphatic carbocycles. The zero-order chi connectivity index (χ0) is 19.2. The Balaban J connectivity index is 1.59. The number of rotatable bonds is 6. The smallest absolute Gasteiger partial charge is 0.251 e. The second kappa shape index (κ2) is 8.71. The highest BCUT2D eigenvalue weighted by Gasteiger charge is 2.16. The van der Waals surface area contributed by atoms with Crippen molar-refractivity contribution in [1.29, 1.82) is 0 Å². The molecule has 0 aromatic heterocycles. The van der Waals surface area contributed by atoms with Gasteiger partial charge in [0, 0.05) is 43.0 Å². The molecule has 5 nitrogen and oxygen atoms in total. The lowest BCUT2D eigenvalue weighted by Crippen LogP contribution is -2.37. The third kappa shape index (κ3) is 4.67. The molecule has 0 saturated carbocycles. The van der Waals surface area contributed by atoms with Crippen molar-refractivity contribution in [2.75, 3.05) is 29.9 Å². The normalized spacial score (nSPS) is 13.0. The zero-order valence-corrected chi connectivity index (χ0v) is 16.0. The first kappa shape index (κ1) is 19.0. The first-order valence-electron chi connectivity index (χ1n) is 9.60. The first-order chi connectivity index (χ1) is 13.1. The van der Waals surface area contributed by atoms with Crippen LogP contribution in [-0.4, -0.2) is 31.4 Å². The van der Waals surface area contributed by atoms with Crippen molar-refractivity contribution < 1.29 is 9.59 Å². The maximum absolute atomic E-state index is 12.5. The van der Waals surface area contributed by atoms with Gasteiger partial charge in [0.1, 0.15) is 0 Å². The molecule has 0 unspecified atom stereocenters. The highest BCUT2D eigenvalue weighted by atomic mass is 16.2. The number of carbonyl (C=O) groups excluding carboxylic acids is 2. The van der Waals surface area contributed by atoms with Crippen molar-refractivity contribution >= 4 is 23.2 Å². The van der Waals surface area contributed by atoms with Crippen LogP contribution < -0.4 is 15.5 Å². The first-order valence-corrected chi connectivity index (χ1v) is 9.60. The molecule has 1 heterocycles. The molecule has 142 valence electrons. The monoisotopic (exact) mass is 365 g/mol. The van der Waals surface area contributed by atoms with Crippen LogP contribution in [-0.2, 0) is 11.2 Å². The van der Waals surface area contributed by atoms with Crippen LogP contribution in [0.2, 0.25) is 0 Å². The van der Waals surface area contributed by atoms with Gasteiger partial charge in [0.15, 0.2) is 0 Å². The summed E-state index contributed by atoms with van der Waals surface area (Å²) in [6.45, 7) is 6.11. The van der Waals surface area contributed by atoms with Gasteiger partial charge in [-0.15, -0.1) is 0 Å². The molecule has 0 spiro atoms. The predicted molar refractivity (Wildman–Crippen MR) is 109 cm³/mol. The maximum atomic E-state index is 12.5. The minimum Gasteiger partial charge on any atom is -0.370 e. The van der Waals surface area contributed by atoms with Crippen LogP contribution in [0.25, 0.3) is 0 Å². The molecule has 0 atom stereocenters. The Hall–Kier alpha value is -2.82. The maximum Gasteiger partial charge on any atom is 0.251 e. The lowest BCUT2D eigenvalue weighted by Gasteiger charge is -2.31. The van der Waals surface area contributed by atoms with Crippen molar-refractivity contribution in [2.45, 2.75) is 33.1 Å². The van der Waals surface area contributed by atoms with E-state index in [2.05, 4.69) is 39.8 Å². The highest BCUT2D eigenvalue weighted by Crippen LogP contribution is 2.26. The molecule has 0 radical (unpaired) electrons. The molecule has 0 bridgehead atoms. The molecule has 0 fully saturated rings. The van der Waals surface area contributed by atoms with Crippen molar-refractivity contribution in [1.82, 2.24) is 5.32 Å². The van der Waals surface area contributed by atoms with Crippen LogP contribution in [0, 0.1) is 6.92 Å². The summed E-state index contributed by atoms with van der Waals surface area (Å²) >= 11 is 0. The van der Waals surface area contributed by atoms with Crippen molar-refractivity contribution in [2.24, 2.45) is 0 Å². The van der Waals surface area contributed by atoms with Gasteiger partial charge in [0.25, 0.3) is 5.91 Å². The van der Waals surface area contributed by atoms with Gasteiger partial charge < -0.3 is 15.5 Å². The number of nitrogens with one attached hydrogen (secondary N) is 2. The van der Waals surface area contributed by atoms with Crippen LogP contribution >= 0.6 is 0 Å². The van der Waals surface area contributed by atoms with E-state index in [1.165, 1.54) is 11.3 Å². The Morgan fingerprint density at radius 2 is 1.96 bits per heavy atom. The molecule has 1 aliphatic heterocycles. The highest BCUT2D eigenvalue weighted by molar-refractivity contribution is 5.97. The quantitative estimate of drug-likeness (QED) is 0.823. The molecule has 5 heteroatoms. The standard InChI is InChI=1S/C22H27N3O2/c1-3-21(26)24-19-15-18(11-10-16(19)2)22(27)23-12-14-25-13-6-8-17-7-4-5-9-20(17)25/h4-5,7,9-11,15H,3,6,8,12-14H2,1-2H3,(H,23,27)(H,24,26). The summed E-state index contributed by atoms with van der Waals surface area (Å²) in [6, 6.07) is 13.9. The average Bonchev–Trinajstić information content (AvgIpc) is 2.69. The lowest BCUT2D eigenvalue weighted by molar-refractivity contribution is -0.115. The number of amides is 2. The Labute approximate surface area is 160 Å². The van der Waals surface area contributed by atoms with E-state index in [0.717, 1.165) is 31.5 Å². The van der Waals surface area contributed by atoms with Crippen molar-refractivity contribution in [3.8, 4) is 0 Å². The number of fused-ring (bicyclic) bond motifs is 1. The van der Waals surface area contributed by atoms with Crippen molar-refractivity contribution in [3.63, 3.8) is 0 Å². The fourth-order valence-electron chi connectivity index (χ4n) is 3.39. The molecule has 3 rings (SSSR count). The second-order valence-electron chi connectivity index (χ2n) is 6.91. The van der Waals surface area contributed by atoms with Gasteiger partial charge in [-0.2, -0.15) is 0 Å². The van der Waals surface area contributed by atoms with Crippen LogP contribution in [0.4, 0.5) is 11.4 Å². The summed E-state index contributed by atoms with van der Waals surface area (Å²) in [6.07, 6.45) is 2.67. The Morgan fingerprint density at radius 3 is 2.78 bits per heavy atom. The third-order valence-electron chi connectivity index (χ3n) is 4.97. The Bertz CT molecular complexity index is 832. The largest absolute Gasteiger partial charge is 0.370 e. The molecule has 2 aromatic rings. The zero-order valence-electron chi connectivity index (χ0n) is 16.0. The lowest BCUT2D eigenvalue weighted by atomic mass is 10.0. The molecule has 2 aromatic carbocycles. The van der Waals surface area contributed by atoms with E-state index >= 15 is 0 Å². The van der Waals surface area contributed by atoms with Crippen LogP contribution in [0.5, 0.6) is 0 Å². The van der Waals surface area contributed by atoms with Gasteiger partial charge in [-0.3, -0.25) is 9.59 Å². The third-order valence-corrected chi connectivity index (χ3v) is 4.97. The second-order valence-corrected chi connectivity index (χ2v) is 6.91. The number of benzene rings is 2. The van der Waals surface area contributed by atoms with Gasteiger partial charge in [-0.1, -0.05) is 31.2 Å². The summed E-state index contributed by atoms with van der Waals surface area (Å²) < 4.78 is 0. The minimum absolute atomic E-state index is 0.0561. The number of carbonyl (C=O) groups is 2. The van der Waals surface area contributed by atoms with E-state index in [4.69, 9.17) is 0 Å². The van der Waals surface area contributed by atoms with Crippen LogP contribution in [0.1, 0.15) is 41.3 Å². The topological polar surface area (TPSA) is 61.4 Å². The van der Waals surface area contributed by atoms with E-state index in [1.807, 2.05) is 13.0 Å². The van der Waals surface area contributed by atoms with E-state index in [1.54, 1.807) is 19.1 Å². The fraction of sp³-hybridized carbons (Fsp3) is 0.364. The fourth-order valence-corrected chi connectivity index (χ4v) is 3.39. The van der Waals surface area contributed by atoms with Gasteiger partial charge in [0.05, 0.1) is 0 Å². The Kier molecular flexibility index (Phi) is 6.12. The van der Waals surface area contributed by atoms with E-state index in [0.29, 0.717) is 24.2 Å². The molecule has 1 aliphatic rings. The van der Waals surface area contributed by atoms with Gasteiger partial charge in [-0.25, -0.2) is 0 Å². The van der Waals surface area contributed by atoms with E-state index < -0.39 is 0 Å². The summed E-state index contributed by atoms with van der Waals surface area (Å²) in [7, 11) is 0. The number of hydrogen-bond donors (Lipinski definition) is 2. The molecule has 2 amide bonds. The van der Waals surface area contributed by atoms with E-state index in [9.17, 15) is 9.59 Å². The predicted octanol–water partition coefficient (Wildman–Crippen LogP) is 3.53. The molecular weight excluding hydrogens is 338 g/mol. The molecule has 2 N–H and O–H groups in total. The number of para-hydroxylation sites is 1.